The van der Waals surface area contributed by atoms with E-state index in [9.17, 15) is 4.79 Å². The highest BCUT2D eigenvalue weighted by Gasteiger charge is 2.12. The second-order valence-corrected chi connectivity index (χ2v) is 6.04. The van der Waals surface area contributed by atoms with Crippen molar-refractivity contribution >= 4 is 23.4 Å². The Morgan fingerprint density at radius 3 is 2.87 bits per heavy atom. The standard InChI is InChI=1S/C16H22N4O2S/c1-4-5-10-14-18-19-16(20(14)2)23-11-15(21)17-12-8-6-7-9-13(12)22-3/h6-9H,4-5,10-11H2,1-3H3,(H,17,21). The number of ether oxygens (including phenoxy) is 1. The first kappa shape index (κ1) is 17.3. The molecule has 0 aliphatic carbocycles. The number of aromatic nitrogens is 3. The van der Waals surface area contributed by atoms with Crippen molar-refractivity contribution < 1.29 is 9.53 Å². The van der Waals surface area contributed by atoms with E-state index in [1.807, 2.05) is 35.9 Å². The van der Waals surface area contributed by atoms with Crippen LogP contribution in [0.15, 0.2) is 29.4 Å². The maximum atomic E-state index is 12.1. The predicted molar refractivity (Wildman–Crippen MR) is 92.0 cm³/mol. The van der Waals surface area contributed by atoms with Crippen molar-refractivity contribution in [2.45, 2.75) is 31.3 Å². The normalized spacial score (nSPS) is 10.6. The molecule has 0 atom stereocenters. The van der Waals surface area contributed by atoms with Crippen LogP contribution in [-0.4, -0.2) is 33.5 Å². The molecular weight excluding hydrogens is 312 g/mol. The van der Waals surface area contributed by atoms with Crippen molar-refractivity contribution in [3.63, 3.8) is 0 Å². The molecule has 124 valence electrons. The predicted octanol–water partition coefficient (Wildman–Crippen LogP) is 2.90. The first-order valence-corrected chi connectivity index (χ1v) is 8.58. The molecule has 23 heavy (non-hydrogen) atoms. The van der Waals surface area contributed by atoms with Gasteiger partial charge in [0.15, 0.2) is 5.16 Å². The van der Waals surface area contributed by atoms with Gasteiger partial charge in [-0.15, -0.1) is 10.2 Å². The van der Waals surface area contributed by atoms with Crippen molar-refractivity contribution in [1.29, 1.82) is 0 Å². The number of rotatable bonds is 8. The Balaban J connectivity index is 1.90. The smallest absolute Gasteiger partial charge is 0.234 e. The topological polar surface area (TPSA) is 69.0 Å². The maximum absolute atomic E-state index is 12.1. The summed E-state index contributed by atoms with van der Waals surface area (Å²) in [6.07, 6.45) is 3.12. The molecule has 1 heterocycles. The van der Waals surface area contributed by atoms with Crippen LogP contribution >= 0.6 is 11.8 Å². The van der Waals surface area contributed by atoms with E-state index in [-0.39, 0.29) is 11.7 Å². The lowest BCUT2D eigenvalue weighted by Crippen LogP contribution is -2.15. The molecule has 1 aromatic heterocycles. The lowest BCUT2D eigenvalue weighted by atomic mass is 10.2. The molecular formula is C16H22N4O2S. The van der Waals surface area contributed by atoms with Gasteiger partial charge in [-0.3, -0.25) is 4.79 Å². The van der Waals surface area contributed by atoms with Gasteiger partial charge in [-0.1, -0.05) is 37.2 Å². The SMILES string of the molecule is CCCCc1nnc(SCC(=O)Nc2ccccc2OC)n1C. The molecule has 2 aromatic rings. The van der Waals surface area contributed by atoms with Crippen LogP contribution in [0.5, 0.6) is 5.75 Å². The zero-order valence-corrected chi connectivity index (χ0v) is 14.5. The number of para-hydroxylation sites is 2. The molecule has 0 aliphatic heterocycles. The van der Waals surface area contributed by atoms with Crippen molar-refractivity contribution in [3.05, 3.63) is 30.1 Å². The number of unbranched alkanes of at least 4 members (excludes halogenated alkanes) is 1. The van der Waals surface area contributed by atoms with Crippen LogP contribution < -0.4 is 10.1 Å². The first-order valence-electron chi connectivity index (χ1n) is 7.59. The van der Waals surface area contributed by atoms with E-state index in [1.54, 1.807) is 7.11 Å². The molecule has 1 N–H and O–H groups in total. The van der Waals surface area contributed by atoms with E-state index in [2.05, 4.69) is 22.4 Å². The van der Waals surface area contributed by atoms with E-state index < -0.39 is 0 Å². The highest BCUT2D eigenvalue weighted by Crippen LogP contribution is 2.24. The minimum Gasteiger partial charge on any atom is -0.495 e. The van der Waals surface area contributed by atoms with Crippen LogP contribution in [0.1, 0.15) is 25.6 Å². The van der Waals surface area contributed by atoms with Gasteiger partial charge in [0.1, 0.15) is 11.6 Å². The molecule has 0 saturated carbocycles. The molecule has 0 fully saturated rings. The Morgan fingerprint density at radius 1 is 1.35 bits per heavy atom. The number of anilines is 1. The summed E-state index contributed by atoms with van der Waals surface area (Å²) in [5.41, 5.74) is 0.669. The molecule has 0 spiro atoms. The maximum Gasteiger partial charge on any atom is 0.234 e. The number of methoxy groups -OCH3 is 1. The first-order chi connectivity index (χ1) is 11.2. The van der Waals surface area contributed by atoms with Crippen molar-refractivity contribution in [2.24, 2.45) is 7.05 Å². The number of hydrogen-bond acceptors (Lipinski definition) is 5. The van der Waals surface area contributed by atoms with Crippen LogP contribution in [0.4, 0.5) is 5.69 Å². The minimum atomic E-state index is -0.0994. The molecule has 1 amide bonds. The Morgan fingerprint density at radius 2 is 2.13 bits per heavy atom. The van der Waals surface area contributed by atoms with Gasteiger partial charge in [0.2, 0.25) is 5.91 Å². The number of carbonyl (C=O) groups excluding carboxylic acids is 1. The van der Waals surface area contributed by atoms with Gasteiger partial charge in [0.25, 0.3) is 0 Å². The largest absolute Gasteiger partial charge is 0.495 e. The zero-order chi connectivity index (χ0) is 16.7. The molecule has 2 rings (SSSR count). The Kier molecular flexibility index (Phi) is 6.46. The van der Waals surface area contributed by atoms with Gasteiger partial charge in [-0.25, -0.2) is 0 Å². The number of hydrogen-bond donors (Lipinski definition) is 1. The van der Waals surface area contributed by atoms with Crippen LogP contribution in [0, 0.1) is 0 Å². The molecule has 0 radical (unpaired) electrons. The van der Waals surface area contributed by atoms with Crippen LogP contribution in [0.2, 0.25) is 0 Å². The van der Waals surface area contributed by atoms with Gasteiger partial charge in [-0.2, -0.15) is 0 Å². The average Bonchev–Trinajstić information content (AvgIpc) is 2.91. The summed E-state index contributed by atoms with van der Waals surface area (Å²) >= 11 is 1.38. The molecule has 7 heteroatoms. The Hall–Kier alpha value is -2.02. The number of nitrogens with zero attached hydrogens (tertiary/aromatic N) is 3. The van der Waals surface area contributed by atoms with E-state index in [0.717, 1.165) is 30.2 Å². The summed E-state index contributed by atoms with van der Waals surface area (Å²) in [5, 5.41) is 11.9. The third-order valence-electron chi connectivity index (χ3n) is 3.39. The average molecular weight is 334 g/mol. The fraction of sp³-hybridized carbons (Fsp3) is 0.438. The number of thioether (sulfide) groups is 1. The molecule has 6 nitrogen and oxygen atoms in total. The molecule has 0 saturated heterocycles. The van der Waals surface area contributed by atoms with Gasteiger partial charge in [0.05, 0.1) is 18.6 Å². The molecule has 0 aliphatic rings. The van der Waals surface area contributed by atoms with Crippen molar-refractivity contribution in [2.75, 3.05) is 18.2 Å². The molecule has 0 bridgehead atoms. The third kappa shape index (κ3) is 4.72. The summed E-state index contributed by atoms with van der Waals surface area (Å²) in [5.74, 6) is 1.78. The molecule has 1 aromatic carbocycles. The highest BCUT2D eigenvalue weighted by atomic mass is 32.2. The zero-order valence-electron chi connectivity index (χ0n) is 13.7. The number of amides is 1. The minimum absolute atomic E-state index is 0.0994. The number of carbonyl (C=O) groups is 1. The lowest BCUT2D eigenvalue weighted by Gasteiger charge is -2.09. The summed E-state index contributed by atoms with van der Waals surface area (Å²) in [6, 6.07) is 7.34. The van der Waals surface area contributed by atoms with Crippen molar-refractivity contribution in [3.8, 4) is 5.75 Å². The number of benzene rings is 1. The summed E-state index contributed by atoms with van der Waals surface area (Å²) in [6.45, 7) is 2.15. The fourth-order valence-corrected chi connectivity index (χ4v) is 2.82. The number of nitrogens with one attached hydrogen (secondary N) is 1. The van der Waals surface area contributed by atoms with E-state index in [0.29, 0.717) is 11.4 Å². The highest BCUT2D eigenvalue weighted by molar-refractivity contribution is 7.99. The Labute approximate surface area is 140 Å². The number of aryl methyl sites for hydroxylation is 1. The summed E-state index contributed by atoms with van der Waals surface area (Å²) < 4.78 is 7.18. The Bertz CT molecular complexity index is 657. The molecule has 0 unspecified atom stereocenters. The third-order valence-corrected chi connectivity index (χ3v) is 4.41. The quantitative estimate of drug-likeness (QED) is 0.752. The van der Waals surface area contributed by atoms with Gasteiger partial charge in [0, 0.05) is 13.5 Å². The monoisotopic (exact) mass is 334 g/mol. The van der Waals surface area contributed by atoms with Crippen LogP contribution in [0.3, 0.4) is 0 Å². The van der Waals surface area contributed by atoms with Gasteiger partial charge < -0.3 is 14.6 Å². The van der Waals surface area contributed by atoms with E-state index in [1.165, 1.54) is 11.8 Å². The second-order valence-electron chi connectivity index (χ2n) is 5.10. The summed E-state index contributed by atoms with van der Waals surface area (Å²) in [7, 11) is 3.52. The van der Waals surface area contributed by atoms with E-state index >= 15 is 0 Å². The lowest BCUT2D eigenvalue weighted by molar-refractivity contribution is -0.113. The fourth-order valence-electron chi connectivity index (χ4n) is 2.09. The second kappa shape index (κ2) is 8.57. The van der Waals surface area contributed by atoms with Crippen LogP contribution in [0.25, 0.3) is 0 Å². The van der Waals surface area contributed by atoms with Crippen LogP contribution in [-0.2, 0) is 18.3 Å². The van der Waals surface area contributed by atoms with Crippen molar-refractivity contribution in [1.82, 2.24) is 14.8 Å². The summed E-state index contributed by atoms with van der Waals surface area (Å²) in [4.78, 5) is 12.1. The van der Waals surface area contributed by atoms with Gasteiger partial charge >= 0.3 is 0 Å². The van der Waals surface area contributed by atoms with E-state index in [4.69, 9.17) is 4.74 Å². The van der Waals surface area contributed by atoms with Gasteiger partial charge in [-0.05, 0) is 18.6 Å².